The highest BCUT2D eigenvalue weighted by Crippen LogP contribution is 2.68. The monoisotopic (exact) mass is 1320 g/mol. The molecule has 2 unspecified atom stereocenters. The Morgan fingerprint density at radius 1 is 0.370 bits per heavy atom. The summed E-state index contributed by atoms with van der Waals surface area (Å²) in [6.45, 7) is 24.5. The van der Waals surface area contributed by atoms with Gasteiger partial charge < -0.3 is 14.2 Å². The Kier molecular flexibility index (Phi) is 13.2. The van der Waals surface area contributed by atoms with E-state index < -0.39 is 21.6 Å². The first kappa shape index (κ1) is 60.6. The van der Waals surface area contributed by atoms with E-state index in [4.69, 9.17) is 4.42 Å². The van der Waals surface area contributed by atoms with Crippen molar-refractivity contribution < 1.29 is 4.42 Å². The summed E-state index contributed by atoms with van der Waals surface area (Å²) >= 11 is 0. The van der Waals surface area contributed by atoms with Gasteiger partial charge in [0.2, 0.25) is 0 Å². The number of allylic oxidation sites excluding steroid dienone is 4. The zero-order chi connectivity index (χ0) is 67.9. The normalized spacial score (nSPS) is 16.8. The third kappa shape index (κ3) is 8.74. The summed E-state index contributed by atoms with van der Waals surface area (Å²) in [4.78, 5) is 5.20. The third-order valence-electron chi connectivity index (χ3n) is 23.7. The van der Waals surface area contributed by atoms with Gasteiger partial charge in [0.1, 0.15) is 11.2 Å². The van der Waals surface area contributed by atoms with Gasteiger partial charge >= 0.3 is 0 Å². The van der Waals surface area contributed by atoms with Crippen molar-refractivity contribution in [2.75, 3.05) is 9.80 Å². The molecule has 0 saturated heterocycles. The maximum atomic E-state index is 7.76. The standard InChI is InChI=1S/C95H80N2OSi2/c1-93(2)80-53-61(59-25-13-11-14-26-59)37-49-71(80)73-51-43-65(55-82(73)93)96(63-39-45-67(46-40-63)99(5,6)7)86-57-84-89(76-32-18-17-31-75(76)86)91-85(95(84)78-34-22-19-29-69(78)70-30-20-23-35-79(70)95)58-87(90-77-33-21-24-36-88(77)98-92(90)91)97(64-41-47-68(48-42-64)100(8,9)10)66-44-52-74-72-50-38-62(60-27-15-12-16-28-60)54-81(72)94(3,4)83(74)56-66/h11-58,71,80H,1-10H3. The highest BCUT2D eigenvalue weighted by atomic mass is 28.3. The van der Waals surface area contributed by atoms with Crippen LogP contribution in [0.25, 0.3) is 82.8 Å². The fraction of sp³-hybridized carbons (Fsp3) is 0.158. The van der Waals surface area contributed by atoms with Crippen molar-refractivity contribution in [3.8, 4) is 44.5 Å². The van der Waals surface area contributed by atoms with E-state index in [1.807, 2.05) is 0 Å². The summed E-state index contributed by atoms with van der Waals surface area (Å²) in [5, 5.41) is 7.43. The number of fused-ring (bicyclic) bond motifs is 22. The molecule has 13 aromatic carbocycles. The van der Waals surface area contributed by atoms with E-state index in [-0.39, 0.29) is 16.7 Å². The molecule has 484 valence electrons. The van der Waals surface area contributed by atoms with Crippen LogP contribution in [0.2, 0.25) is 39.3 Å². The molecule has 5 heteroatoms. The highest BCUT2D eigenvalue weighted by Gasteiger charge is 2.55. The molecule has 0 amide bonds. The fourth-order valence-corrected chi connectivity index (χ4v) is 20.9. The minimum absolute atomic E-state index is 0.162. The average molecular weight is 1320 g/mol. The van der Waals surface area contributed by atoms with E-state index in [9.17, 15) is 0 Å². The number of hydrogen-bond acceptors (Lipinski definition) is 3. The first-order chi connectivity index (χ1) is 48.4. The minimum atomic E-state index is -1.72. The van der Waals surface area contributed by atoms with Crippen LogP contribution < -0.4 is 20.2 Å². The Morgan fingerprint density at radius 2 is 0.860 bits per heavy atom. The van der Waals surface area contributed by atoms with Gasteiger partial charge in [0.15, 0.2) is 0 Å². The van der Waals surface area contributed by atoms with Crippen LogP contribution >= 0.6 is 0 Å². The van der Waals surface area contributed by atoms with Crippen molar-refractivity contribution >= 4 is 98.9 Å². The molecule has 0 radical (unpaired) electrons. The molecular formula is C95H80N2OSi2. The summed E-state index contributed by atoms with van der Waals surface area (Å²) in [7, 11) is -3.41. The van der Waals surface area contributed by atoms with E-state index in [2.05, 4.69) is 368 Å². The smallest absolute Gasteiger partial charge is 0.145 e. The van der Waals surface area contributed by atoms with E-state index in [1.165, 1.54) is 116 Å². The minimum Gasteiger partial charge on any atom is -0.455 e. The van der Waals surface area contributed by atoms with Crippen LogP contribution in [0.15, 0.2) is 296 Å². The van der Waals surface area contributed by atoms with Crippen molar-refractivity contribution in [3.05, 3.63) is 341 Å². The topological polar surface area (TPSA) is 19.6 Å². The lowest BCUT2D eigenvalue weighted by Gasteiger charge is -2.34. The fourth-order valence-electron chi connectivity index (χ4n) is 18.6. The molecule has 100 heavy (non-hydrogen) atoms. The second kappa shape index (κ2) is 21.7. The van der Waals surface area contributed by atoms with Gasteiger partial charge in [0.25, 0.3) is 0 Å². The lowest BCUT2D eigenvalue weighted by Crippen LogP contribution is -2.37. The predicted molar refractivity (Wildman–Crippen MR) is 429 cm³/mol. The molecular weight excluding hydrogens is 1240 g/mol. The number of rotatable bonds is 10. The van der Waals surface area contributed by atoms with Crippen LogP contribution in [0.5, 0.6) is 0 Å². The van der Waals surface area contributed by atoms with Crippen LogP contribution in [0, 0.1) is 5.92 Å². The zero-order valence-electron chi connectivity index (χ0n) is 58.7. The first-order valence-corrected chi connectivity index (χ1v) is 42.9. The summed E-state index contributed by atoms with van der Waals surface area (Å²) in [6, 6.07) is 105. The van der Waals surface area contributed by atoms with Gasteiger partial charge in [-0.3, -0.25) is 0 Å². The van der Waals surface area contributed by atoms with Crippen LogP contribution in [0.4, 0.5) is 34.1 Å². The number of hydrogen-bond donors (Lipinski definition) is 0. The van der Waals surface area contributed by atoms with E-state index in [0.29, 0.717) is 5.92 Å². The molecule has 1 aromatic heterocycles. The van der Waals surface area contributed by atoms with Crippen molar-refractivity contribution in [2.24, 2.45) is 5.92 Å². The van der Waals surface area contributed by atoms with Gasteiger partial charge in [-0.15, -0.1) is 0 Å². The molecule has 1 heterocycles. The van der Waals surface area contributed by atoms with Crippen LogP contribution in [0.3, 0.4) is 0 Å². The maximum absolute atomic E-state index is 7.76. The third-order valence-corrected chi connectivity index (χ3v) is 27.8. The van der Waals surface area contributed by atoms with Crippen molar-refractivity contribution in [1.29, 1.82) is 0 Å². The Balaban J connectivity index is 0.887. The van der Waals surface area contributed by atoms with E-state index in [1.54, 1.807) is 0 Å². The second-order valence-corrected chi connectivity index (χ2v) is 42.1. The van der Waals surface area contributed by atoms with Crippen molar-refractivity contribution in [1.82, 2.24) is 0 Å². The molecule has 0 fully saturated rings. The van der Waals surface area contributed by atoms with Crippen molar-refractivity contribution in [2.45, 2.75) is 89.1 Å². The second-order valence-electron chi connectivity index (χ2n) is 32.0. The molecule has 0 bridgehead atoms. The zero-order valence-corrected chi connectivity index (χ0v) is 60.7. The van der Waals surface area contributed by atoms with Gasteiger partial charge in [-0.2, -0.15) is 0 Å². The first-order valence-electron chi connectivity index (χ1n) is 35.9. The quantitative estimate of drug-likeness (QED) is 0.127. The molecule has 19 rings (SSSR count). The summed E-state index contributed by atoms with van der Waals surface area (Å²) in [6.07, 6.45) is 7.41. The Labute approximate surface area is 590 Å². The number of anilines is 6. The molecule has 0 aliphatic heterocycles. The van der Waals surface area contributed by atoms with Gasteiger partial charge in [-0.1, -0.05) is 296 Å². The molecule has 0 saturated carbocycles. The van der Waals surface area contributed by atoms with Gasteiger partial charge in [-0.25, -0.2) is 0 Å². The lowest BCUT2D eigenvalue weighted by molar-refractivity contribution is 0.395. The number of nitrogens with zero attached hydrogens (tertiary/aromatic N) is 2. The number of para-hydroxylation sites is 1. The molecule has 5 aliphatic carbocycles. The van der Waals surface area contributed by atoms with Crippen LogP contribution in [-0.4, -0.2) is 16.1 Å². The average Bonchev–Trinajstić information content (AvgIpc) is 1.49. The van der Waals surface area contributed by atoms with E-state index >= 15 is 0 Å². The molecule has 3 nitrogen and oxygen atoms in total. The summed E-state index contributed by atoms with van der Waals surface area (Å²) in [5.41, 5.74) is 30.3. The summed E-state index contributed by atoms with van der Waals surface area (Å²) < 4.78 is 7.76. The Hall–Kier alpha value is -10.6. The number of furan rings is 1. The van der Waals surface area contributed by atoms with Crippen molar-refractivity contribution in [3.63, 3.8) is 0 Å². The van der Waals surface area contributed by atoms with Crippen LogP contribution in [0.1, 0.15) is 83.7 Å². The molecule has 14 aromatic rings. The highest BCUT2D eigenvalue weighted by molar-refractivity contribution is 6.89. The largest absolute Gasteiger partial charge is 0.455 e. The van der Waals surface area contributed by atoms with Gasteiger partial charge in [0.05, 0.1) is 38.3 Å². The molecule has 5 aliphatic rings. The molecule has 1 spiro atoms. The maximum Gasteiger partial charge on any atom is 0.145 e. The summed E-state index contributed by atoms with van der Waals surface area (Å²) in [5.74, 6) is 0.573. The predicted octanol–water partition coefficient (Wildman–Crippen LogP) is 24.7. The molecule has 0 N–H and O–H groups in total. The molecule has 2 atom stereocenters. The number of benzene rings is 13. The van der Waals surface area contributed by atoms with Crippen LogP contribution in [-0.2, 0) is 16.2 Å². The SMILES string of the molecule is CC1(C)c2cc(-c3ccccc3)ccc2-c2ccc(N(c3ccc([Si](C)(C)C)cc3)c3cc4c(c5oc6ccccc6c35)-c3c(cc(N(c5ccc([Si](C)(C)C)cc5)c5ccc6c(c5)C(C)(C)C5C=C(c7ccccc7)C=CC65)c5ccccc35)C43c4ccccc4-c4ccccc43)cc21. The Morgan fingerprint density at radius 3 is 1.50 bits per heavy atom. The van der Waals surface area contributed by atoms with Gasteiger partial charge in [0, 0.05) is 50.4 Å². The van der Waals surface area contributed by atoms with Gasteiger partial charge in [-0.05, 0) is 184 Å². The van der Waals surface area contributed by atoms with E-state index in [0.717, 1.165) is 61.6 Å². The lowest BCUT2D eigenvalue weighted by atomic mass is 9.70. The Bertz CT molecular complexity index is 5770.